The zero-order valence-electron chi connectivity index (χ0n) is 14.8. The SMILES string of the molecule is CC[C@H](C)[C@H]1C(=O)Nc2ccccc2CN1C(=O)Nc1cccc(F)c1. The topological polar surface area (TPSA) is 61.4 Å². The summed E-state index contributed by atoms with van der Waals surface area (Å²) in [5.41, 5.74) is 1.93. The van der Waals surface area contributed by atoms with Crippen LogP contribution in [0, 0.1) is 11.7 Å². The van der Waals surface area contributed by atoms with Crippen molar-refractivity contribution in [2.45, 2.75) is 32.9 Å². The second kappa shape index (κ2) is 7.56. The number of rotatable bonds is 3. The van der Waals surface area contributed by atoms with Crippen LogP contribution < -0.4 is 10.6 Å². The number of hydrogen-bond acceptors (Lipinski definition) is 2. The van der Waals surface area contributed by atoms with Gasteiger partial charge in [0.15, 0.2) is 0 Å². The predicted molar refractivity (Wildman–Crippen MR) is 99.3 cm³/mol. The molecule has 0 radical (unpaired) electrons. The summed E-state index contributed by atoms with van der Waals surface area (Å²) in [5, 5.41) is 5.63. The van der Waals surface area contributed by atoms with Crippen LogP contribution in [0.4, 0.5) is 20.6 Å². The van der Waals surface area contributed by atoms with Gasteiger partial charge in [-0.2, -0.15) is 0 Å². The molecule has 5 nitrogen and oxygen atoms in total. The minimum Gasteiger partial charge on any atom is -0.324 e. The van der Waals surface area contributed by atoms with Crippen LogP contribution in [0.3, 0.4) is 0 Å². The van der Waals surface area contributed by atoms with Crippen LogP contribution in [0.25, 0.3) is 0 Å². The molecule has 1 aliphatic rings. The molecule has 0 saturated carbocycles. The molecule has 1 aliphatic heterocycles. The van der Waals surface area contributed by atoms with Crippen molar-refractivity contribution in [2.24, 2.45) is 5.92 Å². The van der Waals surface area contributed by atoms with Gasteiger partial charge in [-0.3, -0.25) is 4.79 Å². The van der Waals surface area contributed by atoms with E-state index in [1.807, 2.05) is 38.1 Å². The lowest BCUT2D eigenvalue weighted by Gasteiger charge is -2.32. The molecule has 0 saturated heterocycles. The number of halogens is 1. The van der Waals surface area contributed by atoms with E-state index in [2.05, 4.69) is 10.6 Å². The lowest BCUT2D eigenvalue weighted by Crippen LogP contribution is -2.50. The molecule has 3 amide bonds. The van der Waals surface area contributed by atoms with Crippen LogP contribution in [0.2, 0.25) is 0 Å². The third-order valence-electron chi connectivity index (χ3n) is 4.74. The highest BCUT2D eigenvalue weighted by atomic mass is 19.1. The number of nitrogens with zero attached hydrogens (tertiary/aromatic N) is 1. The lowest BCUT2D eigenvalue weighted by molar-refractivity contribution is -0.121. The lowest BCUT2D eigenvalue weighted by atomic mass is 9.97. The number of anilines is 2. The standard InChI is InChI=1S/C20H22FN3O2/c1-3-13(2)18-19(25)23-17-10-5-4-7-14(17)12-24(18)20(26)22-16-9-6-8-15(21)11-16/h4-11,13,18H,3,12H2,1-2H3,(H,22,26)(H,23,25)/t13-,18-/m0/s1. The van der Waals surface area contributed by atoms with Crippen LogP contribution in [-0.4, -0.2) is 22.9 Å². The number of benzene rings is 2. The number of carbonyl (C=O) groups excluding carboxylic acids is 2. The largest absolute Gasteiger partial charge is 0.324 e. The van der Waals surface area contributed by atoms with Gasteiger partial charge in [0.05, 0.1) is 6.54 Å². The van der Waals surface area contributed by atoms with Crippen LogP contribution in [-0.2, 0) is 11.3 Å². The number of amides is 3. The number of urea groups is 1. The second-order valence-corrected chi connectivity index (χ2v) is 6.55. The Bertz CT molecular complexity index is 824. The molecule has 0 aromatic heterocycles. The van der Waals surface area contributed by atoms with Gasteiger partial charge < -0.3 is 15.5 Å². The molecule has 2 aromatic rings. The smallest absolute Gasteiger partial charge is 0.322 e. The fraction of sp³-hybridized carbons (Fsp3) is 0.300. The first-order valence-corrected chi connectivity index (χ1v) is 8.71. The fourth-order valence-corrected chi connectivity index (χ4v) is 3.16. The molecule has 6 heteroatoms. The van der Waals surface area contributed by atoms with Crippen molar-refractivity contribution in [3.8, 4) is 0 Å². The summed E-state index contributed by atoms with van der Waals surface area (Å²) < 4.78 is 13.4. The average molecular weight is 355 g/mol. The van der Waals surface area contributed by atoms with Gasteiger partial charge in [-0.25, -0.2) is 9.18 Å². The van der Waals surface area contributed by atoms with Gasteiger partial charge in [-0.05, 0) is 35.7 Å². The molecule has 3 rings (SSSR count). The van der Waals surface area contributed by atoms with Crippen LogP contribution in [0.15, 0.2) is 48.5 Å². The van der Waals surface area contributed by atoms with Gasteiger partial charge in [0.1, 0.15) is 11.9 Å². The summed E-state index contributed by atoms with van der Waals surface area (Å²) in [5.74, 6) is -0.665. The van der Waals surface area contributed by atoms with Gasteiger partial charge in [0, 0.05) is 11.4 Å². The number of para-hydroxylation sites is 1. The van der Waals surface area contributed by atoms with Gasteiger partial charge in [-0.15, -0.1) is 0 Å². The third kappa shape index (κ3) is 3.69. The molecule has 136 valence electrons. The summed E-state index contributed by atoms with van der Waals surface area (Å²) in [6, 6.07) is 12.1. The quantitative estimate of drug-likeness (QED) is 0.866. The normalized spacial score (nSPS) is 17.7. The highest BCUT2D eigenvalue weighted by molar-refractivity contribution is 6.00. The first-order valence-electron chi connectivity index (χ1n) is 8.71. The highest BCUT2D eigenvalue weighted by Crippen LogP contribution is 2.27. The Morgan fingerprint density at radius 3 is 2.81 bits per heavy atom. The molecule has 0 bridgehead atoms. The number of nitrogens with one attached hydrogen (secondary N) is 2. The zero-order valence-corrected chi connectivity index (χ0v) is 14.8. The van der Waals surface area contributed by atoms with E-state index in [4.69, 9.17) is 0 Å². The summed E-state index contributed by atoms with van der Waals surface area (Å²) in [6.07, 6.45) is 0.748. The first-order chi connectivity index (χ1) is 12.5. The van der Waals surface area contributed by atoms with E-state index in [1.54, 1.807) is 6.07 Å². The molecule has 0 spiro atoms. The maximum Gasteiger partial charge on any atom is 0.322 e. The third-order valence-corrected chi connectivity index (χ3v) is 4.74. The van der Waals surface area contributed by atoms with E-state index in [0.29, 0.717) is 17.9 Å². The Kier molecular flexibility index (Phi) is 5.21. The van der Waals surface area contributed by atoms with Crippen LogP contribution in [0.5, 0.6) is 0 Å². The van der Waals surface area contributed by atoms with Crippen molar-refractivity contribution in [1.82, 2.24) is 4.90 Å². The minimum absolute atomic E-state index is 0.0254. The Morgan fingerprint density at radius 1 is 1.31 bits per heavy atom. The van der Waals surface area contributed by atoms with Crippen molar-refractivity contribution < 1.29 is 14.0 Å². The van der Waals surface area contributed by atoms with E-state index in [0.717, 1.165) is 12.0 Å². The molecule has 26 heavy (non-hydrogen) atoms. The molecular weight excluding hydrogens is 333 g/mol. The Morgan fingerprint density at radius 2 is 2.08 bits per heavy atom. The number of fused-ring (bicyclic) bond motifs is 1. The van der Waals surface area contributed by atoms with Crippen molar-refractivity contribution in [3.05, 3.63) is 59.9 Å². The maximum absolute atomic E-state index is 13.4. The Balaban J connectivity index is 1.93. The van der Waals surface area contributed by atoms with E-state index >= 15 is 0 Å². The predicted octanol–water partition coefficient (Wildman–Crippen LogP) is 4.23. The molecule has 2 N–H and O–H groups in total. The van der Waals surface area contributed by atoms with Crippen molar-refractivity contribution in [3.63, 3.8) is 0 Å². The molecule has 0 unspecified atom stereocenters. The van der Waals surface area contributed by atoms with Crippen molar-refractivity contribution >= 4 is 23.3 Å². The first kappa shape index (κ1) is 17.9. The Hall–Kier alpha value is -2.89. The molecule has 2 atom stereocenters. The van der Waals surface area contributed by atoms with Gasteiger partial charge in [-0.1, -0.05) is 44.5 Å². The van der Waals surface area contributed by atoms with Gasteiger partial charge in [0.2, 0.25) is 5.91 Å². The second-order valence-electron chi connectivity index (χ2n) is 6.55. The molecule has 2 aromatic carbocycles. The minimum atomic E-state index is -0.610. The maximum atomic E-state index is 13.4. The van der Waals surface area contributed by atoms with E-state index in [-0.39, 0.29) is 11.8 Å². The van der Waals surface area contributed by atoms with Crippen molar-refractivity contribution in [2.75, 3.05) is 10.6 Å². The number of hydrogen-bond donors (Lipinski definition) is 2. The fourth-order valence-electron chi connectivity index (χ4n) is 3.16. The molecule has 1 heterocycles. The monoisotopic (exact) mass is 355 g/mol. The van der Waals surface area contributed by atoms with Gasteiger partial charge >= 0.3 is 6.03 Å². The number of carbonyl (C=O) groups is 2. The van der Waals surface area contributed by atoms with E-state index < -0.39 is 17.9 Å². The summed E-state index contributed by atoms with van der Waals surface area (Å²) in [4.78, 5) is 27.3. The average Bonchev–Trinajstić information content (AvgIpc) is 2.77. The summed E-state index contributed by atoms with van der Waals surface area (Å²) >= 11 is 0. The molecule has 0 aliphatic carbocycles. The van der Waals surface area contributed by atoms with Gasteiger partial charge in [0.25, 0.3) is 0 Å². The molecule has 0 fully saturated rings. The zero-order chi connectivity index (χ0) is 18.7. The Labute approximate surface area is 152 Å². The molecular formula is C20H22FN3O2. The summed E-state index contributed by atoms with van der Waals surface area (Å²) in [7, 11) is 0. The van der Waals surface area contributed by atoms with E-state index in [9.17, 15) is 14.0 Å². The van der Waals surface area contributed by atoms with Crippen LogP contribution in [0.1, 0.15) is 25.8 Å². The highest BCUT2D eigenvalue weighted by Gasteiger charge is 2.36. The summed E-state index contributed by atoms with van der Waals surface area (Å²) in [6.45, 7) is 4.23. The van der Waals surface area contributed by atoms with Crippen molar-refractivity contribution in [1.29, 1.82) is 0 Å². The van der Waals surface area contributed by atoms with E-state index in [1.165, 1.54) is 23.1 Å². The van der Waals surface area contributed by atoms with Crippen LogP contribution >= 0.6 is 0 Å².